The number of nitriles is 1. The highest BCUT2D eigenvalue weighted by atomic mass is 19.1. The number of hydrogen-bond acceptors (Lipinski definition) is 6. The zero-order valence-electron chi connectivity index (χ0n) is 10.6. The fourth-order valence-corrected chi connectivity index (χ4v) is 1.82. The molecule has 1 atom stereocenters. The highest BCUT2D eigenvalue weighted by molar-refractivity contribution is 5.86. The van der Waals surface area contributed by atoms with Crippen LogP contribution in [-0.2, 0) is 14.4 Å². The van der Waals surface area contributed by atoms with Crippen molar-refractivity contribution >= 4 is 11.7 Å². The van der Waals surface area contributed by atoms with Crippen LogP contribution in [0.3, 0.4) is 0 Å². The van der Waals surface area contributed by atoms with E-state index in [0.29, 0.717) is 11.3 Å². The molecule has 0 aliphatic carbocycles. The van der Waals surface area contributed by atoms with Gasteiger partial charge in [-0.15, -0.1) is 0 Å². The predicted molar refractivity (Wildman–Crippen MR) is 67.1 cm³/mol. The summed E-state index contributed by atoms with van der Waals surface area (Å²) in [6.45, 7) is -0.123. The maximum absolute atomic E-state index is 13.3. The molecule has 1 aromatic rings. The predicted octanol–water partition coefficient (Wildman–Crippen LogP) is 0.444. The zero-order valence-corrected chi connectivity index (χ0v) is 10.6. The Morgan fingerprint density at radius 3 is 3.00 bits per heavy atom. The summed E-state index contributed by atoms with van der Waals surface area (Å²) < 4.78 is 17.9. The second-order valence-corrected chi connectivity index (χ2v) is 4.15. The second-order valence-electron chi connectivity index (χ2n) is 4.15. The van der Waals surface area contributed by atoms with Crippen molar-refractivity contribution in [1.29, 1.82) is 5.26 Å². The van der Waals surface area contributed by atoms with Gasteiger partial charge < -0.3 is 10.5 Å². The molecule has 0 saturated heterocycles. The summed E-state index contributed by atoms with van der Waals surface area (Å²) in [5.41, 5.74) is 7.48. The third-order valence-corrected chi connectivity index (χ3v) is 2.95. The van der Waals surface area contributed by atoms with Crippen molar-refractivity contribution in [3.8, 4) is 6.07 Å². The Morgan fingerprint density at radius 1 is 1.65 bits per heavy atom. The number of nitrogens with two attached hydrogens (primary N) is 1. The van der Waals surface area contributed by atoms with Crippen molar-refractivity contribution in [2.75, 3.05) is 13.7 Å². The Morgan fingerprint density at radius 2 is 2.40 bits per heavy atom. The maximum Gasteiger partial charge on any atom is 0.346 e. The maximum atomic E-state index is 13.3. The van der Waals surface area contributed by atoms with Crippen LogP contribution in [0.4, 0.5) is 4.39 Å². The van der Waals surface area contributed by atoms with E-state index in [1.54, 1.807) is 6.07 Å². The second kappa shape index (κ2) is 5.28. The first-order valence-electron chi connectivity index (χ1n) is 5.71. The van der Waals surface area contributed by atoms with Crippen molar-refractivity contribution in [3.63, 3.8) is 0 Å². The topological polar surface area (TPSA) is 97.4 Å². The van der Waals surface area contributed by atoms with Gasteiger partial charge in [0.25, 0.3) is 0 Å². The molecule has 1 heterocycles. The van der Waals surface area contributed by atoms with E-state index in [1.807, 2.05) is 0 Å². The first-order valence-corrected chi connectivity index (χ1v) is 5.71. The molecule has 1 aliphatic rings. The lowest BCUT2D eigenvalue weighted by atomic mass is 10.0. The number of hydrogen-bond donors (Lipinski definition) is 2. The van der Waals surface area contributed by atoms with Crippen LogP contribution in [0.25, 0.3) is 5.70 Å². The SMILES string of the molecule is COC(=O)C1(CN)C=C(c2ccc(F)c(C#N)c2)NO1. The fourth-order valence-electron chi connectivity index (χ4n) is 1.82. The Kier molecular flexibility index (Phi) is 3.70. The van der Waals surface area contributed by atoms with E-state index in [1.165, 1.54) is 25.3 Å². The number of esters is 1. The number of methoxy groups -OCH3 is 1. The minimum Gasteiger partial charge on any atom is -0.467 e. The zero-order chi connectivity index (χ0) is 14.8. The van der Waals surface area contributed by atoms with Gasteiger partial charge in [-0.05, 0) is 24.3 Å². The average molecular weight is 277 g/mol. The van der Waals surface area contributed by atoms with Crippen molar-refractivity contribution in [3.05, 3.63) is 41.2 Å². The monoisotopic (exact) mass is 277 g/mol. The lowest BCUT2D eigenvalue weighted by Crippen LogP contribution is -2.46. The summed E-state index contributed by atoms with van der Waals surface area (Å²) >= 11 is 0. The van der Waals surface area contributed by atoms with Gasteiger partial charge in [0.05, 0.1) is 18.4 Å². The molecule has 7 heteroatoms. The van der Waals surface area contributed by atoms with E-state index >= 15 is 0 Å². The molecule has 0 amide bonds. The third-order valence-electron chi connectivity index (χ3n) is 2.95. The van der Waals surface area contributed by atoms with Gasteiger partial charge in [0.15, 0.2) is 0 Å². The van der Waals surface area contributed by atoms with Gasteiger partial charge >= 0.3 is 5.97 Å². The summed E-state index contributed by atoms with van der Waals surface area (Å²) in [5.74, 6) is -1.26. The van der Waals surface area contributed by atoms with Gasteiger partial charge in [0.2, 0.25) is 5.60 Å². The highest BCUT2D eigenvalue weighted by Gasteiger charge is 2.43. The number of benzene rings is 1. The van der Waals surface area contributed by atoms with Crippen LogP contribution in [0.5, 0.6) is 0 Å². The molecule has 3 N–H and O–H groups in total. The van der Waals surface area contributed by atoms with Crippen molar-refractivity contribution in [1.82, 2.24) is 5.48 Å². The fraction of sp³-hybridized carbons (Fsp3) is 0.231. The van der Waals surface area contributed by atoms with Crippen LogP contribution < -0.4 is 11.2 Å². The summed E-state index contributed by atoms with van der Waals surface area (Å²) in [4.78, 5) is 16.9. The Balaban J connectivity index is 2.40. The van der Waals surface area contributed by atoms with Gasteiger partial charge in [0.1, 0.15) is 11.9 Å². The molecule has 6 nitrogen and oxygen atoms in total. The molecule has 0 saturated carbocycles. The Hall–Kier alpha value is -2.43. The van der Waals surface area contributed by atoms with E-state index in [4.69, 9.17) is 15.8 Å². The van der Waals surface area contributed by atoms with E-state index in [2.05, 4.69) is 10.2 Å². The first kappa shape index (κ1) is 14.0. The van der Waals surface area contributed by atoms with E-state index in [0.717, 1.165) is 6.07 Å². The molecule has 20 heavy (non-hydrogen) atoms. The number of nitrogens with one attached hydrogen (secondary N) is 1. The molecular weight excluding hydrogens is 265 g/mol. The summed E-state index contributed by atoms with van der Waals surface area (Å²) in [7, 11) is 1.22. The smallest absolute Gasteiger partial charge is 0.346 e. The molecular formula is C13H12FN3O3. The number of hydroxylamine groups is 1. The standard InChI is InChI=1S/C13H12FN3O3/c1-19-12(18)13(7-16)5-11(17-20-13)8-2-3-10(14)9(4-8)6-15/h2-5,17H,7,16H2,1H3. The van der Waals surface area contributed by atoms with E-state index < -0.39 is 17.4 Å². The molecule has 2 rings (SSSR count). The number of rotatable bonds is 3. The summed E-state index contributed by atoms with van der Waals surface area (Å²) in [6, 6.07) is 5.71. The lowest BCUT2D eigenvalue weighted by molar-refractivity contribution is -0.164. The number of carbonyl (C=O) groups excluding carboxylic acids is 1. The lowest BCUT2D eigenvalue weighted by Gasteiger charge is -2.19. The summed E-state index contributed by atoms with van der Waals surface area (Å²) in [5, 5.41) is 8.81. The van der Waals surface area contributed by atoms with Gasteiger partial charge in [-0.25, -0.2) is 9.18 Å². The number of nitrogens with zero attached hydrogens (tertiary/aromatic N) is 1. The first-order chi connectivity index (χ1) is 9.56. The van der Waals surface area contributed by atoms with Gasteiger partial charge in [0, 0.05) is 12.1 Å². The molecule has 104 valence electrons. The average Bonchev–Trinajstić information content (AvgIpc) is 2.92. The van der Waals surface area contributed by atoms with E-state index in [-0.39, 0.29) is 12.1 Å². The highest BCUT2D eigenvalue weighted by Crippen LogP contribution is 2.27. The van der Waals surface area contributed by atoms with Crippen molar-refractivity contribution < 1.29 is 18.8 Å². The van der Waals surface area contributed by atoms with Crippen LogP contribution in [0.1, 0.15) is 11.1 Å². The van der Waals surface area contributed by atoms with E-state index in [9.17, 15) is 9.18 Å². The number of halogens is 1. The Bertz CT molecular complexity index is 624. The molecule has 0 radical (unpaired) electrons. The minimum atomic E-state index is -1.43. The summed E-state index contributed by atoms with van der Waals surface area (Å²) in [6.07, 6.45) is 1.45. The molecule has 0 spiro atoms. The largest absolute Gasteiger partial charge is 0.467 e. The molecule has 1 aliphatic heterocycles. The Labute approximate surface area is 114 Å². The normalized spacial score (nSPS) is 20.8. The van der Waals surface area contributed by atoms with Crippen LogP contribution in [0.2, 0.25) is 0 Å². The van der Waals surface area contributed by atoms with Gasteiger partial charge in [-0.3, -0.25) is 10.3 Å². The molecule has 1 aromatic carbocycles. The van der Waals surface area contributed by atoms with Crippen molar-refractivity contribution in [2.24, 2.45) is 5.73 Å². The molecule has 0 aromatic heterocycles. The van der Waals surface area contributed by atoms with Gasteiger partial charge in [-0.2, -0.15) is 5.26 Å². The molecule has 0 fully saturated rings. The molecule has 1 unspecified atom stereocenters. The van der Waals surface area contributed by atoms with Crippen LogP contribution >= 0.6 is 0 Å². The van der Waals surface area contributed by atoms with Crippen LogP contribution in [-0.4, -0.2) is 25.2 Å². The number of ether oxygens (including phenoxy) is 1. The van der Waals surface area contributed by atoms with Crippen LogP contribution in [0.15, 0.2) is 24.3 Å². The van der Waals surface area contributed by atoms with Crippen molar-refractivity contribution in [2.45, 2.75) is 5.60 Å². The molecule has 0 bridgehead atoms. The van der Waals surface area contributed by atoms with Crippen LogP contribution in [0, 0.1) is 17.1 Å². The van der Waals surface area contributed by atoms with Gasteiger partial charge in [-0.1, -0.05) is 0 Å². The quantitative estimate of drug-likeness (QED) is 0.778. The minimum absolute atomic E-state index is 0.103. The third kappa shape index (κ3) is 2.22. The number of carbonyl (C=O) groups is 1.